The predicted octanol–water partition coefficient (Wildman–Crippen LogP) is 3.55. The molecule has 0 spiro atoms. The van der Waals surface area contributed by atoms with Crippen molar-refractivity contribution in [3.05, 3.63) is 59.7 Å². The zero-order chi connectivity index (χ0) is 17.5. The molecule has 0 atom stereocenters. The van der Waals surface area contributed by atoms with Crippen molar-refractivity contribution >= 4 is 32.8 Å². The number of benzene rings is 2. The predicted molar refractivity (Wildman–Crippen MR) is 100 cm³/mol. The number of aromatic nitrogens is 1. The van der Waals surface area contributed by atoms with Crippen molar-refractivity contribution in [3.8, 4) is 11.8 Å². The molecule has 2 aromatic carbocycles. The average Bonchev–Trinajstić information content (AvgIpc) is 3.00. The Morgan fingerprint density at radius 1 is 1.24 bits per heavy atom. The number of fused-ring (bicyclic) bond motifs is 1. The Morgan fingerprint density at radius 3 is 2.92 bits per heavy atom. The maximum atomic E-state index is 11.6. The normalized spacial score (nSPS) is 10.1. The van der Waals surface area contributed by atoms with Crippen LogP contribution in [0.15, 0.2) is 48.5 Å². The largest absolute Gasteiger partial charge is 0.445 e. The molecule has 6 heteroatoms. The Morgan fingerprint density at radius 2 is 2.08 bits per heavy atom. The van der Waals surface area contributed by atoms with Gasteiger partial charge in [-0.1, -0.05) is 53.5 Å². The van der Waals surface area contributed by atoms with Gasteiger partial charge in [0, 0.05) is 18.5 Å². The molecule has 3 aromatic rings. The van der Waals surface area contributed by atoms with Crippen LogP contribution in [0.3, 0.4) is 0 Å². The van der Waals surface area contributed by atoms with E-state index in [-0.39, 0.29) is 6.61 Å². The fourth-order valence-corrected chi connectivity index (χ4v) is 2.90. The number of carbonyl (C=O) groups is 1. The number of thiazole rings is 1. The van der Waals surface area contributed by atoms with E-state index >= 15 is 0 Å². The number of anilines is 1. The van der Waals surface area contributed by atoms with Gasteiger partial charge >= 0.3 is 6.09 Å². The maximum absolute atomic E-state index is 11.6. The van der Waals surface area contributed by atoms with Crippen molar-refractivity contribution in [2.24, 2.45) is 0 Å². The van der Waals surface area contributed by atoms with E-state index in [9.17, 15) is 4.79 Å². The summed E-state index contributed by atoms with van der Waals surface area (Å²) >= 11 is 1.46. The van der Waals surface area contributed by atoms with Crippen molar-refractivity contribution in [1.82, 2.24) is 10.3 Å². The van der Waals surface area contributed by atoms with Crippen LogP contribution in [0.5, 0.6) is 0 Å². The summed E-state index contributed by atoms with van der Waals surface area (Å²) in [4.78, 5) is 15.8. The van der Waals surface area contributed by atoms with Crippen LogP contribution in [0.2, 0.25) is 0 Å². The fourth-order valence-electron chi connectivity index (χ4n) is 2.19. The van der Waals surface area contributed by atoms with Crippen LogP contribution in [0, 0.1) is 11.8 Å². The molecule has 0 radical (unpaired) electrons. The second kappa shape index (κ2) is 8.18. The van der Waals surface area contributed by atoms with E-state index in [4.69, 9.17) is 10.5 Å². The van der Waals surface area contributed by atoms with E-state index in [0.29, 0.717) is 18.1 Å². The molecule has 0 unspecified atom stereocenters. The quantitative estimate of drug-likeness (QED) is 0.557. The highest BCUT2D eigenvalue weighted by molar-refractivity contribution is 7.22. The zero-order valence-electron chi connectivity index (χ0n) is 13.5. The van der Waals surface area contributed by atoms with Gasteiger partial charge in [0.1, 0.15) is 6.61 Å². The topological polar surface area (TPSA) is 77.2 Å². The van der Waals surface area contributed by atoms with Crippen molar-refractivity contribution in [2.75, 3.05) is 12.3 Å². The molecule has 1 amide bonds. The summed E-state index contributed by atoms with van der Waals surface area (Å²) in [5.41, 5.74) is 8.38. The number of rotatable bonds is 4. The van der Waals surface area contributed by atoms with Gasteiger partial charge in [0.05, 0.1) is 10.2 Å². The van der Waals surface area contributed by atoms with Crippen LogP contribution in [0.1, 0.15) is 17.5 Å². The minimum absolute atomic E-state index is 0.259. The average molecular weight is 351 g/mol. The van der Waals surface area contributed by atoms with Gasteiger partial charge in [-0.05, 0) is 23.8 Å². The van der Waals surface area contributed by atoms with Gasteiger partial charge in [0.25, 0.3) is 0 Å². The summed E-state index contributed by atoms with van der Waals surface area (Å²) in [6.45, 7) is 0.696. The molecular weight excluding hydrogens is 334 g/mol. The minimum Gasteiger partial charge on any atom is -0.445 e. The molecular formula is C19H17N3O2S. The first kappa shape index (κ1) is 16.8. The van der Waals surface area contributed by atoms with Gasteiger partial charge in [-0.2, -0.15) is 0 Å². The number of nitrogen functional groups attached to an aromatic ring is 1. The third-order valence-electron chi connectivity index (χ3n) is 3.37. The smallest absolute Gasteiger partial charge is 0.407 e. The van der Waals surface area contributed by atoms with Gasteiger partial charge in [0.2, 0.25) is 0 Å². The number of ether oxygens (including phenoxy) is 1. The van der Waals surface area contributed by atoms with Crippen LogP contribution in [-0.2, 0) is 11.3 Å². The lowest BCUT2D eigenvalue weighted by molar-refractivity contribution is 0.140. The summed E-state index contributed by atoms with van der Waals surface area (Å²) in [6.07, 6.45) is 0.0996. The number of hydrogen-bond acceptors (Lipinski definition) is 5. The van der Waals surface area contributed by atoms with Crippen molar-refractivity contribution in [2.45, 2.75) is 13.0 Å². The Labute approximate surface area is 149 Å². The number of amides is 1. The van der Waals surface area contributed by atoms with Gasteiger partial charge in [-0.25, -0.2) is 9.78 Å². The van der Waals surface area contributed by atoms with E-state index in [2.05, 4.69) is 22.1 Å². The molecule has 3 rings (SSSR count). The third-order valence-corrected chi connectivity index (χ3v) is 4.23. The summed E-state index contributed by atoms with van der Waals surface area (Å²) in [7, 11) is 0. The first-order valence-corrected chi connectivity index (χ1v) is 8.62. The summed E-state index contributed by atoms with van der Waals surface area (Å²) < 4.78 is 6.17. The number of nitrogens with one attached hydrogen (secondary N) is 1. The van der Waals surface area contributed by atoms with Crippen LogP contribution in [0.25, 0.3) is 10.2 Å². The minimum atomic E-state index is -0.440. The van der Waals surface area contributed by atoms with Gasteiger partial charge < -0.3 is 15.8 Å². The highest BCUT2D eigenvalue weighted by Gasteiger charge is 2.02. The first-order valence-electron chi connectivity index (χ1n) is 7.80. The van der Waals surface area contributed by atoms with Gasteiger partial charge in [-0.15, -0.1) is 0 Å². The Hall–Kier alpha value is -3.04. The van der Waals surface area contributed by atoms with Gasteiger partial charge in [-0.3, -0.25) is 0 Å². The molecule has 0 aliphatic rings. The van der Waals surface area contributed by atoms with Crippen LogP contribution >= 0.6 is 11.3 Å². The highest BCUT2D eigenvalue weighted by Crippen LogP contribution is 2.24. The van der Waals surface area contributed by atoms with E-state index in [1.165, 1.54) is 11.3 Å². The monoisotopic (exact) mass is 351 g/mol. The molecule has 0 fully saturated rings. The van der Waals surface area contributed by atoms with Crippen molar-refractivity contribution < 1.29 is 9.53 Å². The maximum Gasteiger partial charge on any atom is 0.407 e. The lowest BCUT2D eigenvalue weighted by atomic mass is 10.2. The van der Waals surface area contributed by atoms with Crippen molar-refractivity contribution in [3.63, 3.8) is 0 Å². The van der Waals surface area contributed by atoms with Gasteiger partial charge in [0.15, 0.2) is 5.13 Å². The van der Waals surface area contributed by atoms with Crippen LogP contribution in [-0.4, -0.2) is 17.6 Å². The SMILES string of the molecule is Nc1nc2cc(C#CCCNC(=O)OCc3ccccc3)ccc2s1. The lowest BCUT2D eigenvalue weighted by Crippen LogP contribution is -2.24. The number of hydrogen-bond donors (Lipinski definition) is 2. The second-order valence-electron chi connectivity index (χ2n) is 5.27. The zero-order valence-corrected chi connectivity index (χ0v) is 14.3. The van der Waals surface area contributed by atoms with E-state index in [1.54, 1.807) is 0 Å². The molecule has 5 nitrogen and oxygen atoms in total. The van der Waals surface area contributed by atoms with Crippen LogP contribution < -0.4 is 11.1 Å². The molecule has 0 saturated heterocycles. The van der Waals surface area contributed by atoms with E-state index in [0.717, 1.165) is 21.3 Å². The number of nitrogens with zero attached hydrogens (tertiary/aromatic N) is 1. The molecule has 0 bridgehead atoms. The molecule has 1 heterocycles. The second-order valence-corrected chi connectivity index (χ2v) is 6.34. The lowest BCUT2D eigenvalue weighted by Gasteiger charge is -2.05. The van der Waals surface area contributed by atoms with Crippen LogP contribution in [0.4, 0.5) is 9.93 Å². The third kappa shape index (κ3) is 4.96. The molecule has 126 valence electrons. The number of nitrogens with two attached hydrogens (primary N) is 1. The van der Waals surface area contributed by atoms with E-state index < -0.39 is 6.09 Å². The molecule has 0 aliphatic heterocycles. The first-order chi connectivity index (χ1) is 12.2. The summed E-state index contributed by atoms with van der Waals surface area (Å²) in [6, 6.07) is 15.4. The highest BCUT2D eigenvalue weighted by atomic mass is 32.1. The Kier molecular flexibility index (Phi) is 5.50. The number of carbonyl (C=O) groups excluding carboxylic acids is 1. The molecule has 0 saturated carbocycles. The molecule has 1 aromatic heterocycles. The fraction of sp³-hybridized carbons (Fsp3) is 0.158. The molecule has 25 heavy (non-hydrogen) atoms. The molecule has 0 aliphatic carbocycles. The van der Waals surface area contributed by atoms with E-state index in [1.807, 2.05) is 48.5 Å². The summed E-state index contributed by atoms with van der Waals surface area (Å²) in [5.74, 6) is 6.09. The number of alkyl carbamates (subject to hydrolysis) is 1. The van der Waals surface area contributed by atoms with Crippen molar-refractivity contribution in [1.29, 1.82) is 0 Å². The Balaban J connectivity index is 1.42. The Bertz CT molecular complexity index is 926. The molecule has 3 N–H and O–H groups in total. The standard InChI is InChI=1S/C19H17N3O2S/c20-18-22-16-12-14(9-10-17(16)25-18)6-4-5-11-21-19(23)24-13-15-7-2-1-3-8-15/h1-3,7-10,12H,5,11,13H2,(H2,20,22)(H,21,23). The summed E-state index contributed by atoms with van der Waals surface area (Å²) in [5, 5.41) is 3.24.